The van der Waals surface area contributed by atoms with Crippen LogP contribution in [0.4, 0.5) is 0 Å². The molecule has 0 radical (unpaired) electrons. The molecular formula is C10H16O2. The number of carbonyl (C=O) groups is 1. The Bertz CT molecular complexity index is 188. The minimum Gasteiger partial charge on any atom is -0.462 e. The van der Waals surface area contributed by atoms with E-state index in [0.717, 1.165) is 18.8 Å². The summed E-state index contributed by atoms with van der Waals surface area (Å²) >= 11 is 0. The summed E-state index contributed by atoms with van der Waals surface area (Å²) in [6.07, 6.45) is 5.56. The largest absolute Gasteiger partial charge is 0.462 e. The Hall–Kier alpha value is -0.530. The van der Waals surface area contributed by atoms with Gasteiger partial charge >= 0.3 is 5.97 Å². The van der Waals surface area contributed by atoms with E-state index >= 15 is 0 Å². The van der Waals surface area contributed by atoms with Gasteiger partial charge in [-0.1, -0.05) is 6.92 Å². The zero-order chi connectivity index (χ0) is 8.55. The van der Waals surface area contributed by atoms with Crippen LogP contribution in [0.25, 0.3) is 0 Å². The molecule has 1 heterocycles. The fourth-order valence-electron chi connectivity index (χ4n) is 2.46. The topological polar surface area (TPSA) is 26.3 Å². The van der Waals surface area contributed by atoms with E-state index in [9.17, 15) is 4.79 Å². The average Bonchev–Trinajstić information content (AvgIpc) is 2.05. The molecule has 0 aromatic heterocycles. The highest BCUT2D eigenvalue weighted by Crippen LogP contribution is 2.36. The Kier molecular flexibility index (Phi) is 2.07. The van der Waals surface area contributed by atoms with Gasteiger partial charge < -0.3 is 4.74 Å². The van der Waals surface area contributed by atoms with E-state index in [0.29, 0.717) is 12.3 Å². The van der Waals surface area contributed by atoms with Crippen molar-refractivity contribution in [1.29, 1.82) is 0 Å². The third-order valence-corrected chi connectivity index (χ3v) is 3.18. The summed E-state index contributed by atoms with van der Waals surface area (Å²) in [5.74, 6) is 1.53. The number of ether oxygens (including phenoxy) is 1. The van der Waals surface area contributed by atoms with Crippen LogP contribution in [0.2, 0.25) is 0 Å². The monoisotopic (exact) mass is 168 g/mol. The number of carbonyl (C=O) groups excluding carboxylic acids is 1. The van der Waals surface area contributed by atoms with E-state index < -0.39 is 0 Å². The van der Waals surface area contributed by atoms with Crippen LogP contribution in [0.5, 0.6) is 0 Å². The third kappa shape index (κ3) is 1.47. The lowest BCUT2D eigenvalue weighted by atomic mass is 9.77. The van der Waals surface area contributed by atoms with Gasteiger partial charge in [-0.25, -0.2) is 0 Å². The predicted octanol–water partition coefficient (Wildman–Crippen LogP) is 2.13. The van der Waals surface area contributed by atoms with Crippen molar-refractivity contribution in [2.45, 2.75) is 45.1 Å². The van der Waals surface area contributed by atoms with E-state index in [2.05, 4.69) is 6.92 Å². The fourth-order valence-corrected chi connectivity index (χ4v) is 2.46. The molecule has 0 spiro atoms. The molecular weight excluding hydrogens is 152 g/mol. The average molecular weight is 168 g/mol. The second kappa shape index (κ2) is 3.08. The molecule has 3 atom stereocenters. The van der Waals surface area contributed by atoms with Crippen molar-refractivity contribution in [3.63, 3.8) is 0 Å². The zero-order valence-corrected chi connectivity index (χ0v) is 7.58. The summed E-state index contributed by atoms with van der Waals surface area (Å²) < 4.78 is 5.30. The Labute approximate surface area is 73.3 Å². The maximum absolute atomic E-state index is 11.0. The van der Waals surface area contributed by atoms with Gasteiger partial charge in [-0.3, -0.25) is 4.79 Å². The van der Waals surface area contributed by atoms with Crippen LogP contribution in [0, 0.1) is 11.8 Å². The normalized spacial score (nSPS) is 41.8. The second-order valence-electron chi connectivity index (χ2n) is 4.25. The minimum atomic E-state index is 0.0193. The molecule has 1 aliphatic carbocycles. The molecule has 2 rings (SSSR count). The molecule has 1 aliphatic heterocycles. The van der Waals surface area contributed by atoms with Crippen LogP contribution in [0.3, 0.4) is 0 Å². The number of rotatable bonds is 0. The van der Waals surface area contributed by atoms with E-state index in [1.165, 1.54) is 12.8 Å². The van der Waals surface area contributed by atoms with E-state index in [1.807, 2.05) is 0 Å². The van der Waals surface area contributed by atoms with Crippen LogP contribution >= 0.6 is 0 Å². The molecule has 0 aromatic carbocycles. The van der Waals surface area contributed by atoms with Gasteiger partial charge in [-0.2, -0.15) is 0 Å². The molecule has 1 saturated carbocycles. The summed E-state index contributed by atoms with van der Waals surface area (Å²) in [6.45, 7) is 2.30. The molecule has 2 nitrogen and oxygen atoms in total. The molecule has 0 N–H and O–H groups in total. The molecule has 2 heteroatoms. The third-order valence-electron chi connectivity index (χ3n) is 3.18. The molecule has 0 unspecified atom stereocenters. The first-order chi connectivity index (χ1) is 5.75. The van der Waals surface area contributed by atoms with Gasteiger partial charge in [-0.05, 0) is 37.5 Å². The molecule has 0 bridgehead atoms. The summed E-state index contributed by atoms with van der Waals surface area (Å²) in [6, 6.07) is 0. The van der Waals surface area contributed by atoms with E-state index in [-0.39, 0.29) is 12.1 Å². The van der Waals surface area contributed by atoms with Crippen molar-refractivity contribution in [3.8, 4) is 0 Å². The summed E-state index contributed by atoms with van der Waals surface area (Å²) in [7, 11) is 0. The molecule has 0 aromatic rings. The molecule has 0 amide bonds. The summed E-state index contributed by atoms with van der Waals surface area (Å²) in [5.41, 5.74) is 0. The highest BCUT2D eigenvalue weighted by Gasteiger charge is 2.34. The number of hydrogen-bond acceptors (Lipinski definition) is 2. The summed E-state index contributed by atoms with van der Waals surface area (Å²) in [4.78, 5) is 11.0. The van der Waals surface area contributed by atoms with Crippen molar-refractivity contribution < 1.29 is 9.53 Å². The second-order valence-corrected chi connectivity index (χ2v) is 4.25. The lowest BCUT2D eigenvalue weighted by Crippen LogP contribution is -2.36. The lowest BCUT2D eigenvalue weighted by molar-refractivity contribution is -0.161. The Morgan fingerprint density at radius 3 is 3.00 bits per heavy atom. The maximum atomic E-state index is 11.0. The summed E-state index contributed by atoms with van der Waals surface area (Å²) in [5, 5.41) is 0. The first kappa shape index (κ1) is 8.09. The highest BCUT2D eigenvalue weighted by molar-refractivity contribution is 5.70. The maximum Gasteiger partial charge on any atom is 0.306 e. The van der Waals surface area contributed by atoms with Crippen molar-refractivity contribution in [2.24, 2.45) is 11.8 Å². The van der Waals surface area contributed by atoms with Gasteiger partial charge in [0.15, 0.2) is 0 Å². The van der Waals surface area contributed by atoms with E-state index in [4.69, 9.17) is 4.74 Å². The fraction of sp³-hybridized carbons (Fsp3) is 0.900. The molecule has 1 saturated heterocycles. The van der Waals surface area contributed by atoms with Crippen LogP contribution in [0.15, 0.2) is 0 Å². The van der Waals surface area contributed by atoms with Crippen LogP contribution < -0.4 is 0 Å². The Morgan fingerprint density at radius 2 is 2.17 bits per heavy atom. The zero-order valence-electron chi connectivity index (χ0n) is 7.58. The Morgan fingerprint density at radius 1 is 1.33 bits per heavy atom. The predicted molar refractivity (Wildman–Crippen MR) is 45.6 cm³/mol. The number of hydrogen-bond donors (Lipinski definition) is 0. The molecule has 2 fully saturated rings. The molecule has 68 valence electrons. The van der Waals surface area contributed by atoms with Crippen LogP contribution in [0.1, 0.15) is 39.0 Å². The van der Waals surface area contributed by atoms with Crippen molar-refractivity contribution in [1.82, 2.24) is 0 Å². The SMILES string of the molecule is C[C@@H]1CC[C@H]2OC(=O)CC[C@H]2C1. The van der Waals surface area contributed by atoms with Crippen molar-refractivity contribution >= 4 is 5.97 Å². The molecule has 2 aliphatic rings. The first-order valence-electron chi connectivity index (χ1n) is 4.95. The first-order valence-corrected chi connectivity index (χ1v) is 4.95. The van der Waals surface area contributed by atoms with E-state index in [1.54, 1.807) is 0 Å². The quantitative estimate of drug-likeness (QED) is 0.518. The van der Waals surface area contributed by atoms with Gasteiger partial charge in [0.05, 0.1) is 0 Å². The van der Waals surface area contributed by atoms with Crippen LogP contribution in [-0.2, 0) is 9.53 Å². The van der Waals surface area contributed by atoms with Gasteiger partial charge in [0.2, 0.25) is 0 Å². The van der Waals surface area contributed by atoms with Crippen molar-refractivity contribution in [3.05, 3.63) is 0 Å². The molecule has 12 heavy (non-hydrogen) atoms. The van der Waals surface area contributed by atoms with Gasteiger partial charge in [0, 0.05) is 6.42 Å². The van der Waals surface area contributed by atoms with Gasteiger partial charge in [0.1, 0.15) is 6.10 Å². The van der Waals surface area contributed by atoms with Crippen LogP contribution in [-0.4, -0.2) is 12.1 Å². The minimum absolute atomic E-state index is 0.0193. The standard InChI is InChI=1S/C10H16O2/c1-7-2-4-9-8(6-7)3-5-10(11)12-9/h7-9H,2-6H2,1H3/t7-,8+,9-/m1/s1. The number of fused-ring (bicyclic) bond motifs is 1. The van der Waals surface area contributed by atoms with Crippen molar-refractivity contribution in [2.75, 3.05) is 0 Å². The van der Waals surface area contributed by atoms with Gasteiger partial charge in [0.25, 0.3) is 0 Å². The van der Waals surface area contributed by atoms with Gasteiger partial charge in [-0.15, -0.1) is 0 Å². The smallest absolute Gasteiger partial charge is 0.306 e. The number of esters is 1. The Balaban J connectivity index is 1.98. The highest BCUT2D eigenvalue weighted by atomic mass is 16.5. The lowest BCUT2D eigenvalue weighted by Gasteiger charge is -2.37.